The highest BCUT2D eigenvalue weighted by atomic mass is 28.4. The first kappa shape index (κ1) is 18.7. The van der Waals surface area contributed by atoms with Crippen molar-refractivity contribution >= 4 is 14.3 Å². The third-order valence-electron chi connectivity index (χ3n) is 4.89. The van der Waals surface area contributed by atoms with Gasteiger partial charge in [-0.3, -0.25) is 4.79 Å². The van der Waals surface area contributed by atoms with E-state index in [1.165, 1.54) is 0 Å². The molecule has 0 saturated heterocycles. The fourth-order valence-corrected chi connectivity index (χ4v) is 4.08. The zero-order valence-electron chi connectivity index (χ0n) is 14.7. The van der Waals surface area contributed by atoms with Crippen LogP contribution in [0.15, 0.2) is 0 Å². The fourth-order valence-electron chi connectivity index (χ4n) is 2.70. The van der Waals surface area contributed by atoms with Crippen molar-refractivity contribution in [3.8, 4) is 0 Å². The third-order valence-corrected chi connectivity index (χ3v) is 9.42. The van der Waals surface area contributed by atoms with E-state index in [1.54, 1.807) is 7.11 Å². The van der Waals surface area contributed by atoms with Crippen molar-refractivity contribution in [3.05, 3.63) is 0 Å². The average molecular weight is 317 g/mol. The van der Waals surface area contributed by atoms with Gasteiger partial charge in [-0.1, -0.05) is 20.8 Å². The topological polar surface area (TPSA) is 44.8 Å². The number of ether oxygens (including phenoxy) is 2. The number of esters is 1. The molecule has 1 saturated carbocycles. The second-order valence-corrected chi connectivity index (χ2v) is 12.3. The Morgan fingerprint density at radius 2 is 1.86 bits per heavy atom. The molecule has 124 valence electrons. The van der Waals surface area contributed by atoms with Gasteiger partial charge in [-0.25, -0.2) is 0 Å². The van der Waals surface area contributed by atoms with Crippen LogP contribution in [0.5, 0.6) is 0 Å². The predicted octanol–water partition coefficient (Wildman–Crippen LogP) is 3.61. The van der Waals surface area contributed by atoms with E-state index in [9.17, 15) is 4.79 Å². The Hall–Kier alpha value is -0.393. The van der Waals surface area contributed by atoms with Gasteiger partial charge in [-0.15, -0.1) is 0 Å². The maximum Gasteiger partial charge on any atom is 0.309 e. The van der Waals surface area contributed by atoms with Crippen molar-refractivity contribution in [1.82, 2.24) is 0 Å². The van der Waals surface area contributed by atoms with Crippen LogP contribution < -0.4 is 0 Å². The van der Waals surface area contributed by atoms with Crippen LogP contribution in [0.4, 0.5) is 0 Å². The van der Waals surface area contributed by atoms with Gasteiger partial charge in [-0.2, -0.15) is 0 Å². The lowest BCUT2D eigenvalue weighted by atomic mass is 9.97. The number of carbonyl (C=O) groups excluding carboxylic acids is 1. The summed E-state index contributed by atoms with van der Waals surface area (Å²) >= 11 is 0. The highest BCUT2D eigenvalue weighted by molar-refractivity contribution is 6.74. The molecule has 0 radical (unpaired) electrons. The summed E-state index contributed by atoms with van der Waals surface area (Å²) in [6, 6.07) is 0. The van der Waals surface area contributed by atoms with Gasteiger partial charge < -0.3 is 13.9 Å². The van der Waals surface area contributed by atoms with E-state index in [4.69, 9.17) is 13.9 Å². The minimum atomic E-state index is -1.80. The predicted molar refractivity (Wildman–Crippen MR) is 86.8 cm³/mol. The quantitative estimate of drug-likeness (QED) is 0.554. The summed E-state index contributed by atoms with van der Waals surface area (Å²) in [6.45, 7) is 14.1. The number of rotatable bonds is 6. The molecule has 4 nitrogen and oxygen atoms in total. The fraction of sp³-hybridized carbons (Fsp3) is 0.938. The highest BCUT2D eigenvalue weighted by Crippen LogP contribution is 2.42. The lowest BCUT2D eigenvalue weighted by Crippen LogP contribution is -2.43. The molecule has 0 aromatic rings. The Morgan fingerprint density at radius 1 is 1.24 bits per heavy atom. The second kappa shape index (κ2) is 7.25. The first-order valence-electron chi connectivity index (χ1n) is 7.95. The van der Waals surface area contributed by atoms with Crippen LogP contribution in [-0.4, -0.2) is 40.7 Å². The Labute approximate surface area is 130 Å². The van der Waals surface area contributed by atoms with E-state index in [1.807, 2.05) is 6.92 Å². The number of hydrogen-bond acceptors (Lipinski definition) is 4. The first-order valence-corrected chi connectivity index (χ1v) is 10.9. The minimum absolute atomic E-state index is 0.0836. The largest absolute Gasteiger partial charge is 0.466 e. The lowest BCUT2D eigenvalue weighted by molar-refractivity contribution is -0.150. The van der Waals surface area contributed by atoms with Gasteiger partial charge >= 0.3 is 5.97 Å². The van der Waals surface area contributed by atoms with E-state index >= 15 is 0 Å². The Bertz CT molecular complexity index is 349. The molecule has 1 fully saturated rings. The molecule has 0 aliphatic heterocycles. The standard InChI is InChI=1S/C16H32O4Si/c1-8-19-15(17)14-10-13(9-12(14)11-18-5)20-21(6,7)16(2,3)4/h12-14H,8-11H2,1-7H3/t12-,13?,14+/m0/s1. The third kappa shape index (κ3) is 4.79. The molecule has 0 heterocycles. The van der Waals surface area contributed by atoms with Gasteiger partial charge in [0.25, 0.3) is 0 Å². The molecule has 21 heavy (non-hydrogen) atoms. The van der Waals surface area contributed by atoms with Crippen molar-refractivity contribution < 1.29 is 18.7 Å². The van der Waals surface area contributed by atoms with Crippen molar-refractivity contribution in [2.24, 2.45) is 11.8 Å². The number of methoxy groups -OCH3 is 1. The van der Waals surface area contributed by atoms with Gasteiger partial charge in [0.2, 0.25) is 0 Å². The Balaban J connectivity index is 2.73. The lowest BCUT2D eigenvalue weighted by Gasteiger charge is -2.38. The van der Waals surface area contributed by atoms with Crippen LogP contribution in [0, 0.1) is 11.8 Å². The van der Waals surface area contributed by atoms with E-state index in [-0.39, 0.29) is 28.9 Å². The summed E-state index contributed by atoms with van der Waals surface area (Å²) in [6.07, 6.45) is 1.81. The Morgan fingerprint density at radius 3 is 2.33 bits per heavy atom. The number of carbonyl (C=O) groups is 1. The summed E-state index contributed by atoms with van der Waals surface area (Å²) in [7, 11) is -0.114. The van der Waals surface area contributed by atoms with Crippen molar-refractivity contribution in [2.45, 2.75) is 64.8 Å². The molecule has 1 rings (SSSR count). The van der Waals surface area contributed by atoms with Gasteiger partial charge in [-0.05, 0) is 43.8 Å². The molecular weight excluding hydrogens is 284 g/mol. The SMILES string of the molecule is CCOC(=O)[C@@H]1CC(O[Si](C)(C)C(C)(C)C)C[C@H]1COC. The molecule has 0 amide bonds. The monoisotopic (exact) mass is 316 g/mol. The van der Waals surface area contributed by atoms with E-state index < -0.39 is 8.32 Å². The average Bonchev–Trinajstić information content (AvgIpc) is 2.70. The summed E-state index contributed by atoms with van der Waals surface area (Å²) < 4.78 is 17.0. The maximum absolute atomic E-state index is 12.1. The first-order chi connectivity index (χ1) is 9.62. The van der Waals surface area contributed by atoms with Crippen LogP contribution in [0.2, 0.25) is 18.1 Å². The molecule has 1 unspecified atom stereocenters. The van der Waals surface area contributed by atoms with Crippen LogP contribution in [0.25, 0.3) is 0 Å². The van der Waals surface area contributed by atoms with Gasteiger partial charge in [0.05, 0.1) is 12.5 Å². The highest BCUT2D eigenvalue weighted by Gasteiger charge is 2.45. The van der Waals surface area contributed by atoms with Crippen LogP contribution in [0.3, 0.4) is 0 Å². The molecule has 1 aliphatic rings. The molecule has 0 aromatic carbocycles. The normalized spacial score (nSPS) is 26.9. The van der Waals surface area contributed by atoms with Crippen LogP contribution >= 0.6 is 0 Å². The van der Waals surface area contributed by atoms with Gasteiger partial charge in [0.1, 0.15) is 0 Å². The van der Waals surface area contributed by atoms with Crippen molar-refractivity contribution in [1.29, 1.82) is 0 Å². The molecule has 0 bridgehead atoms. The molecular formula is C16H32O4Si. The maximum atomic E-state index is 12.1. The number of hydrogen-bond donors (Lipinski definition) is 0. The zero-order chi connectivity index (χ0) is 16.3. The van der Waals surface area contributed by atoms with E-state index in [0.717, 1.165) is 12.8 Å². The second-order valence-electron chi connectivity index (χ2n) is 7.55. The Kier molecular flexibility index (Phi) is 6.44. The van der Waals surface area contributed by atoms with E-state index in [2.05, 4.69) is 33.9 Å². The van der Waals surface area contributed by atoms with Crippen LogP contribution in [-0.2, 0) is 18.7 Å². The molecule has 0 N–H and O–H groups in total. The van der Waals surface area contributed by atoms with E-state index in [0.29, 0.717) is 13.2 Å². The summed E-state index contributed by atoms with van der Waals surface area (Å²) in [5, 5.41) is 0.186. The molecule has 3 atom stereocenters. The van der Waals surface area contributed by atoms with Gasteiger partial charge in [0.15, 0.2) is 8.32 Å². The van der Waals surface area contributed by atoms with Gasteiger partial charge in [0, 0.05) is 19.8 Å². The molecule has 1 aliphatic carbocycles. The molecule has 5 heteroatoms. The molecule has 0 aromatic heterocycles. The summed E-state index contributed by atoms with van der Waals surface area (Å²) in [4.78, 5) is 12.1. The van der Waals surface area contributed by atoms with Crippen molar-refractivity contribution in [2.75, 3.05) is 20.3 Å². The molecule has 0 spiro atoms. The smallest absolute Gasteiger partial charge is 0.309 e. The van der Waals surface area contributed by atoms with Crippen molar-refractivity contribution in [3.63, 3.8) is 0 Å². The van der Waals surface area contributed by atoms with Crippen LogP contribution in [0.1, 0.15) is 40.5 Å². The summed E-state index contributed by atoms with van der Waals surface area (Å²) in [5.41, 5.74) is 0. The summed E-state index contributed by atoms with van der Waals surface area (Å²) in [5.74, 6) is 0.0318. The minimum Gasteiger partial charge on any atom is -0.466 e. The zero-order valence-corrected chi connectivity index (χ0v) is 15.7.